The second kappa shape index (κ2) is 10.6. The van der Waals surface area contributed by atoms with Crippen molar-refractivity contribution in [3.8, 4) is 22.8 Å². The number of fused-ring (bicyclic) bond motifs is 1. The van der Waals surface area contributed by atoms with Gasteiger partial charge in [0.1, 0.15) is 18.2 Å². The largest absolute Gasteiger partial charge is 0.489 e. The number of hydrogen-bond acceptors (Lipinski definition) is 4. The molecule has 1 fully saturated rings. The van der Waals surface area contributed by atoms with Gasteiger partial charge < -0.3 is 14.6 Å². The van der Waals surface area contributed by atoms with Gasteiger partial charge in [-0.15, -0.1) is 0 Å². The first-order valence-electron chi connectivity index (χ1n) is 14.0. The third-order valence-electron chi connectivity index (χ3n) is 9.18. The Balaban J connectivity index is 1.46. The highest BCUT2D eigenvalue weighted by Gasteiger charge is 2.39. The van der Waals surface area contributed by atoms with Gasteiger partial charge in [0, 0.05) is 17.0 Å². The van der Waals surface area contributed by atoms with Crippen LogP contribution in [-0.2, 0) is 23.2 Å². The van der Waals surface area contributed by atoms with E-state index in [0.29, 0.717) is 24.0 Å². The van der Waals surface area contributed by atoms with Crippen LogP contribution in [0.2, 0.25) is 0 Å². The van der Waals surface area contributed by atoms with Crippen LogP contribution < -0.4 is 9.47 Å². The molecule has 2 atom stereocenters. The summed E-state index contributed by atoms with van der Waals surface area (Å²) in [6.07, 6.45) is 7.23. The Morgan fingerprint density at radius 1 is 1.13 bits per heavy atom. The standard InChI is InChI=1S/C33H38FNO4/c1-5-33(18-31(36)37)14-12-22-9-10-23(16-28(22)33)39-20-21-8-11-24(26-17-30(38-4)35-19-29(26)34)25(15-21)27-7-6-13-32(27,2)3/h8-11,15-17,19,27H,5-7,12-14,18,20H2,1-4H3,(H,36,37)/t27-,33+/m0/s1. The Morgan fingerprint density at radius 2 is 1.95 bits per heavy atom. The molecule has 0 radical (unpaired) electrons. The van der Waals surface area contributed by atoms with Crippen LogP contribution >= 0.6 is 0 Å². The molecule has 5 nitrogen and oxygen atoms in total. The molecule has 2 aromatic carbocycles. The van der Waals surface area contributed by atoms with Crippen molar-refractivity contribution in [3.63, 3.8) is 0 Å². The first-order valence-corrected chi connectivity index (χ1v) is 14.0. The number of methoxy groups -OCH3 is 1. The number of ether oxygens (including phenoxy) is 2. The number of pyridine rings is 1. The number of benzene rings is 2. The first-order chi connectivity index (χ1) is 18.7. The summed E-state index contributed by atoms with van der Waals surface area (Å²) in [5.41, 5.74) is 5.62. The van der Waals surface area contributed by atoms with Crippen molar-refractivity contribution in [3.05, 3.63) is 76.7 Å². The summed E-state index contributed by atoms with van der Waals surface area (Å²) in [4.78, 5) is 15.7. The van der Waals surface area contributed by atoms with E-state index in [4.69, 9.17) is 9.47 Å². The molecule has 0 aliphatic heterocycles. The second-order valence-electron chi connectivity index (χ2n) is 11.9. The van der Waals surface area contributed by atoms with Gasteiger partial charge >= 0.3 is 5.97 Å². The number of carboxylic acids is 1. The van der Waals surface area contributed by atoms with E-state index in [9.17, 15) is 9.90 Å². The molecule has 39 heavy (non-hydrogen) atoms. The summed E-state index contributed by atoms with van der Waals surface area (Å²) < 4.78 is 26.6. The van der Waals surface area contributed by atoms with E-state index in [1.54, 1.807) is 6.07 Å². The number of nitrogens with zero attached hydrogens (tertiary/aromatic N) is 1. The predicted molar refractivity (Wildman–Crippen MR) is 150 cm³/mol. The van der Waals surface area contributed by atoms with Gasteiger partial charge in [0.2, 0.25) is 5.88 Å². The van der Waals surface area contributed by atoms with Crippen molar-refractivity contribution in [2.75, 3.05) is 7.11 Å². The van der Waals surface area contributed by atoms with E-state index in [2.05, 4.69) is 37.9 Å². The Bertz CT molecular complexity index is 1380. The minimum absolute atomic E-state index is 0.107. The lowest BCUT2D eigenvalue weighted by Crippen LogP contribution is -2.25. The molecule has 0 unspecified atom stereocenters. The van der Waals surface area contributed by atoms with Crippen LogP contribution in [-0.4, -0.2) is 23.2 Å². The average molecular weight is 532 g/mol. The van der Waals surface area contributed by atoms with E-state index in [1.165, 1.54) is 18.9 Å². The van der Waals surface area contributed by atoms with Gasteiger partial charge in [0.25, 0.3) is 0 Å². The van der Waals surface area contributed by atoms with Crippen molar-refractivity contribution in [1.82, 2.24) is 4.98 Å². The molecule has 206 valence electrons. The molecule has 3 aromatic rings. The summed E-state index contributed by atoms with van der Waals surface area (Å²) in [5, 5.41) is 9.56. The number of aliphatic carboxylic acids is 1. The number of carboxylic acid groups (broad SMARTS) is 1. The maximum atomic E-state index is 15.0. The number of aryl methyl sites for hydroxylation is 1. The van der Waals surface area contributed by atoms with Gasteiger partial charge in [-0.2, -0.15) is 0 Å². The number of rotatable bonds is 9. The molecule has 1 N–H and O–H groups in total. The van der Waals surface area contributed by atoms with E-state index < -0.39 is 5.97 Å². The monoisotopic (exact) mass is 531 g/mol. The second-order valence-corrected chi connectivity index (χ2v) is 11.9. The molecule has 6 heteroatoms. The maximum absolute atomic E-state index is 15.0. The molecule has 0 bridgehead atoms. The van der Waals surface area contributed by atoms with Gasteiger partial charge in [0.05, 0.1) is 19.7 Å². The number of halogens is 1. The van der Waals surface area contributed by atoms with Crippen molar-refractivity contribution in [1.29, 1.82) is 0 Å². The quantitative estimate of drug-likeness (QED) is 0.305. The minimum Gasteiger partial charge on any atom is -0.489 e. The molecule has 5 rings (SSSR count). The SMILES string of the molecule is CC[C@]1(CC(=O)O)CCc2ccc(OCc3ccc(-c4cc(OC)ncc4F)c([C@@H]4CCCC4(C)C)c3)cc21. The highest BCUT2D eigenvalue weighted by Crippen LogP contribution is 2.51. The number of carbonyl (C=O) groups is 1. The van der Waals surface area contributed by atoms with Crippen molar-refractivity contribution in [2.45, 2.75) is 83.7 Å². The first kappa shape index (κ1) is 27.2. The van der Waals surface area contributed by atoms with E-state index in [0.717, 1.165) is 66.5 Å². The zero-order chi connectivity index (χ0) is 27.8. The lowest BCUT2D eigenvalue weighted by atomic mass is 9.75. The fourth-order valence-electron chi connectivity index (χ4n) is 6.87. The van der Waals surface area contributed by atoms with Crippen LogP contribution in [0.1, 0.15) is 87.5 Å². The van der Waals surface area contributed by atoms with Gasteiger partial charge in [-0.05, 0) is 83.4 Å². The lowest BCUT2D eigenvalue weighted by molar-refractivity contribution is -0.138. The van der Waals surface area contributed by atoms with Crippen molar-refractivity contribution in [2.24, 2.45) is 5.41 Å². The fourth-order valence-corrected chi connectivity index (χ4v) is 6.87. The molecule has 2 aliphatic carbocycles. The van der Waals surface area contributed by atoms with E-state index in [-0.39, 0.29) is 23.1 Å². The van der Waals surface area contributed by atoms with Crippen LogP contribution in [0, 0.1) is 11.2 Å². The Labute approximate surface area is 230 Å². The molecule has 0 amide bonds. The third-order valence-corrected chi connectivity index (χ3v) is 9.18. The summed E-state index contributed by atoms with van der Waals surface area (Å²) in [7, 11) is 1.54. The van der Waals surface area contributed by atoms with Crippen molar-refractivity contribution >= 4 is 5.97 Å². The van der Waals surface area contributed by atoms with E-state index in [1.807, 2.05) is 24.3 Å². The highest BCUT2D eigenvalue weighted by atomic mass is 19.1. The Kier molecular flexibility index (Phi) is 7.41. The molecular weight excluding hydrogens is 493 g/mol. The normalized spacial score (nSPS) is 21.5. The lowest BCUT2D eigenvalue weighted by Gasteiger charge is -2.30. The molecule has 1 heterocycles. The topological polar surface area (TPSA) is 68.7 Å². The summed E-state index contributed by atoms with van der Waals surface area (Å²) in [5.74, 6) is 0.304. The number of hydrogen-bond donors (Lipinski definition) is 1. The Hall–Kier alpha value is -3.41. The zero-order valence-corrected chi connectivity index (χ0v) is 23.4. The summed E-state index contributed by atoms with van der Waals surface area (Å²) in [6.45, 7) is 7.03. The predicted octanol–water partition coefficient (Wildman–Crippen LogP) is 7.84. The molecular formula is C33H38FNO4. The third kappa shape index (κ3) is 5.26. The minimum atomic E-state index is -0.762. The molecule has 2 aliphatic rings. The van der Waals surface area contributed by atoms with E-state index >= 15 is 4.39 Å². The molecule has 0 saturated heterocycles. The molecule has 1 aromatic heterocycles. The fraction of sp³-hybridized carbons (Fsp3) is 0.455. The molecule has 1 saturated carbocycles. The summed E-state index contributed by atoms with van der Waals surface area (Å²) >= 11 is 0. The maximum Gasteiger partial charge on any atom is 0.304 e. The number of aromatic nitrogens is 1. The van der Waals surface area contributed by atoms with Gasteiger partial charge in [-0.25, -0.2) is 9.37 Å². The van der Waals surface area contributed by atoms with Crippen molar-refractivity contribution < 1.29 is 23.8 Å². The van der Waals surface area contributed by atoms with Crippen LogP contribution in [0.15, 0.2) is 48.7 Å². The van der Waals surface area contributed by atoms with Crippen LogP contribution in [0.25, 0.3) is 11.1 Å². The average Bonchev–Trinajstić information content (AvgIpc) is 3.46. The van der Waals surface area contributed by atoms with Gasteiger partial charge in [-0.3, -0.25) is 4.79 Å². The highest BCUT2D eigenvalue weighted by molar-refractivity contribution is 5.71. The Morgan fingerprint density at radius 3 is 2.64 bits per heavy atom. The van der Waals surface area contributed by atoms with Gasteiger partial charge in [0.15, 0.2) is 0 Å². The zero-order valence-electron chi connectivity index (χ0n) is 23.4. The van der Waals surface area contributed by atoms with Crippen LogP contribution in [0.4, 0.5) is 4.39 Å². The van der Waals surface area contributed by atoms with Crippen LogP contribution in [0.3, 0.4) is 0 Å². The summed E-state index contributed by atoms with van der Waals surface area (Å²) in [6, 6.07) is 14.0. The molecule has 0 spiro atoms. The smallest absolute Gasteiger partial charge is 0.304 e. The van der Waals surface area contributed by atoms with Crippen LogP contribution in [0.5, 0.6) is 11.6 Å². The van der Waals surface area contributed by atoms with Gasteiger partial charge in [-0.1, -0.05) is 51.5 Å².